The first-order valence-electron chi connectivity index (χ1n) is 16.6. The lowest BCUT2D eigenvalue weighted by molar-refractivity contribution is -0.161. The van der Waals surface area contributed by atoms with E-state index >= 15 is 0 Å². The number of nitrogens with zero attached hydrogens (tertiary/aromatic N) is 3. The van der Waals surface area contributed by atoms with Crippen LogP contribution in [-0.4, -0.2) is 87.7 Å². The molecule has 1 aliphatic heterocycles. The topological polar surface area (TPSA) is 162 Å². The highest BCUT2D eigenvalue weighted by molar-refractivity contribution is 7.93. The number of hydrogen-bond acceptors (Lipinski definition) is 11. The van der Waals surface area contributed by atoms with Crippen LogP contribution in [0, 0.1) is 17.3 Å². The largest absolute Gasteiger partial charge is 0.488 e. The zero-order valence-corrected chi connectivity index (χ0v) is 30.6. The molecule has 0 aromatic carbocycles. The summed E-state index contributed by atoms with van der Waals surface area (Å²) in [5.41, 5.74) is -2.23. The normalized spacial score (nSPS) is 24.5. The Morgan fingerprint density at radius 3 is 2.43 bits per heavy atom. The number of amides is 2. The fourth-order valence-electron chi connectivity index (χ4n) is 6.30. The highest BCUT2D eigenvalue weighted by Crippen LogP contribution is 2.46. The van der Waals surface area contributed by atoms with Crippen LogP contribution in [0.4, 0.5) is 0 Å². The molecule has 14 heteroatoms. The third-order valence-corrected chi connectivity index (χ3v) is 12.1. The zero-order chi connectivity index (χ0) is 35.9. The molecule has 2 saturated carbocycles. The summed E-state index contributed by atoms with van der Waals surface area (Å²) in [4.78, 5) is 65.2. The second-order valence-electron chi connectivity index (χ2n) is 15.3. The number of aromatic nitrogens is 2. The quantitative estimate of drug-likeness (QED) is 0.236. The Hall–Kier alpha value is -3.65. The van der Waals surface area contributed by atoms with Gasteiger partial charge in [-0.15, -0.1) is 17.9 Å². The van der Waals surface area contributed by atoms with Crippen LogP contribution >= 0.6 is 11.3 Å². The number of hydrogen-bond donors (Lipinski definition) is 1. The fraction of sp³-hybridized carbons (Fsp3) is 0.600. The summed E-state index contributed by atoms with van der Waals surface area (Å²) in [5, 5.41) is 4.89. The zero-order valence-electron chi connectivity index (χ0n) is 28.9. The molecule has 5 rings (SSSR count). The van der Waals surface area contributed by atoms with Crippen LogP contribution in [0.2, 0.25) is 0 Å². The van der Waals surface area contributed by atoms with Gasteiger partial charge >= 0.3 is 5.97 Å². The van der Waals surface area contributed by atoms with Crippen molar-refractivity contribution >= 4 is 44.7 Å². The first-order valence-corrected chi connectivity index (χ1v) is 19.2. The van der Waals surface area contributed by atoms with Crippen molar-refractivity contribution < 1.29 is 37.1 Å². The van der Waals surface area contributed by atoms with Crippen molar-refractivity contribution in [2.24, 2.45) is 17.3 Å². The molecule has 3 aliphatic rings. The van der Waals surface area contributed by atoms with Crippen molar-refractivity contribution in [1.29, 1.82) is 0 Å². The van der Waals surface area contributed by atoms with Crippen molar-refractivity contribution in [3.63, 3.8) is 0 Å². The first-order chi connectivity index (χ1) is 22.8. The van der Waals surface area contributed by atoms with E-state index in [-0.39, 0.29) is 25.8 Å². The molecule has 0 unspecified atom stereocenters. The standard InChI is InChI=1S/C35H46N4O8S2/c1-8-21-18-35(21,28(40)20-49(44,45)24-9-10-24)38-30(42)27-16-23(46-22-11-12-36-26(15-22)31-37-13-14-48-31)19-39(27)32(43)25(33(2,3)4)17-29(41)47-34(5,6)7/h8,11-15,21,23-25,27H,1,9-10,16-20H2,2-7H3,(H,38,42)/t21-,23-,25-,27+,35-/m1/s1. The van der Waals surface area contributed by atoms with Crippen molar-refractivity contribution in [2.45, 2.75) is 102 Å². The smallest absolute Gasteiger partial charge is 0.307 e. The molecular formula is C35H46N4O8S2. The summed E-state index contributed by atoms with van der Waals surface area (Å²) in [6.07, 6.45) is 5.38. The Balaban J connectivity index is 1.41. The van der Waals surface area contributed by atoms with Gasteiger partial charge in [0.25, 0.3) is 0 Å². The number of Topliss-reactive ketones (excluding diaryl/α,β-unsaturated/α-hetero) is 1. The van der Waals surface area contributed by atoms with Crippen molar-refractivity contribution in [2.75, 3.05) is 12.3 Å². The Morgan fingerprint density at radius 2 is 1.86 bits per heavy atom. The van der Waals surface area contributed by atoms with E-state index in [0.717, 1.165) is 0 Å². The van der Waals surface area contributed by atoms with E-state index in [1.165, 1.54) is 16.2 Å². The van der Waals surface area contributed by atoms with E-state index in [9.17, 15) is 27.6 Å². The van der Waals surface area contributed by atoms with E-state index in [0.29, 0.717) is 29.3 Å². The van der Waals surface area contributed by atoms with Crippen LogP contribution in [-0.2, 0) is 33.8 Å². The molecule has 0 bridgehead atoms. The third kappa shape index (κ3) is 8.57. The van der Waals surface area contributed by atoms with Gasteiger partial charge in [0.2, 0.25) is 11.8 Å². The minimum absolute atomic E-state index is 0.0363. The highest BCUT2D eigenvalue weighted by atomic mass is 32.2. The molecule has 3 heterocycles. The van der Waals surface area contributed by atoms with Crippen LogP contribution in [0.5, 0.6) is 5.75 Å². The van der Waals surface area contributed by atoms with E-state index in [4.69, 9.17) is 9.47 Å². The molecule has 49 heavy (non-hydrogen) atoms. The van der Waals surface area contributed by atoms with Gasteiger partial charge in [0.15, 0.2) is 15.6 Å². The Labute approximate surface area is 292 Å². The molecule has 5 atom stereocenters. The SMILES string of the molecule is C=C[C@@H]1C[C@]1(NC(=O)[C@@H]1C[C@@H](Oc2ccnc(-c3nccs3)c2)CN1C(=O)[C@@H](CC(=O)OC(C)(C)C)C(C)(C)C)C(=O)CS(=O)(=O)C1CC1. The maximum Gasteiger partial charge on any atom is 0.307 e. The number of rotatable bonds is 13. The van der Waals surface area contributed by atoms with Gasteiger partial charge in [0, 0.05) is 36.2 Å². The molecule has 0 spiro atoms. The Bertz CT molecular complexity index is 1710. The first kappa shape index (κ1) is 36.6. The number of pyridine rings is 1. The van der Waals surface area contributed by atoms with E-state index < -0.39 is 84.9 Å². The number of carbonyl (C=O) groups excluding carboxylic acids is 4. The van der Waals surface area contributed by atoms with Crippen molar-refractivity contribution in [3.8, 4) is 16.5 Å². The molecule has 2 aromatic rings. The molecular weight excluding hydrogens is 669 g/mol. The number of esters is 1. The average molecular weight is 715 g/mol. The van der Waals surface area contributed by atoms with Crippen LogP contribution < -0.4 is 10.1 Å². The second-order valence-corrected chi connectivity index (χ2v) is 18.5. The molecule has 0 radical (unpaired) electrons. The lowest BCUT2D eigenvalue weighted by atomic mass is 9.77. The molecule has 2 aliphatic carbocycles. The lowest BCUT2D eigenvalue weighted by Gasteiger charge is -2.35. The number of ether oxygens (including phenoxy) is 2. The number of sulfone groups is 1. The average Bonchev–Trinajstić information content (AvgIpc) is 3.87. The molecule has 2 amide bonds. The van der Waals surface area contributed by atoms with Crippen LogP contribution in [0.25, 0.3) is 10.7 Å². The Kier molecular flexibility index (Phi) is 10.1. The van der Waals surface area contributed by atoms with Gasteiger partial charge in [-0.2, -0.15) is 0 Å². The summed E-state index contributed by atoms with van der Waals surface area (Å²) in [7, 11) is -3.63. The van der Waals surface area contributed by atoms with Crippen LogP contribution in [0.1, 0.15) is 73.6 Å². The monoisotopic (exact) mass is 714 g/mol. The minimum Gasteiger partial charge on any atom is -0.488 e. The summed E-state index contributed by atoms with van der Waals surface area (Å²) >= 11 is 1.43. The van der Waals surface area contributed by atoms with E-state index in [1.54, 1.807) is 51.4 Å². The van der Waals surface area contributed by atoms with E-state index in [1.807, 2.05) is 26.2 Å². The van der Waals surface area contributed by atoms with Gasteiger partial charge in [-0.1, -0.05) is 26.8 Å². The van der Waals surface area contributed by atoms with Gasteiger partial charge in [-0.05, 0) is 51.5 Å². The van der Waals surface area contributed by atoms with Crippen molar-refractivity contribution in [1.82, 2.24) is 20.2 Å². The summed E-state index contributed by atoms with van der Waals surface area (Å²) < 4.78 is 37.4. The number of carbonyl (C=O) groups is 4. The Morgan fingerprint density at radius 1 is 1.14 bits per heavy atom. The predicted molar refractivity (Wildman–Crippen MR) is 184 cm³/mol. The number of nitrogens with one attached hydrogen (secondary N) is 1. The lowest BCUT2D eigenvalue weighted by Crippen LogP contribution is -2.55. The molecule has 12 nitrogen and oxygen atoms in total. The van der Waals surface area contributed by atoms with Gasteiger partial charge in [-0.25, -0.2) is 13.4 Å². The second kappa shape index (κ2) is 13.6. The molecule has 1 N–H and O–H groups in total. The predicted octanol–water partition coefficient (Wildman–Crippen LogP) is 4.15. The molecule has 1 saturated heterocycles. The third-order valence-electron chi connectivity index (χ3n) is 9.18. The minimum atomic E-state index is -3.63. The molecule has 266 valence electrons. The van der Waals surface area contributed by atoms with Crippen molar-refractivity contribution in [3.05, 3.63) is 42.6 Å². The van der Waals surface area contributed by atoms with E-state index in [2.05, 4.69) is 21.9 Å². The van der Waals surface area contributed by atoms with Crippen LogP contribution in [0.15, 0.2) is 42.6 Å². The molecule has 3 fully saturated rings. The highest BCUT2D eigenvalue weighted by Gasteiger charge is 2.61. The van der Waals surface area contributed by atoms with Gasteiger partial charge < -0.3 is 19.7 Å². The molecule has 2 aromatic heterocycles. The maximum atomic E-state index is 14.4. The van der Waals surface area contributed by atoms with Gasteiger partial charge in [0.05, 0.1) is 24.1 Å². The summed E-state index contributed by atoms with van der Waals surface area (Å²) in [6.45, 7) is 14.6. The van der Waals surface area contributed by atoms with Gasteiger partial charge in [0.1, 0.15) is 45.5 Å². The van der Waals surface area contributed by atoms with Crippen LogP contribution in [0.3, 0.4) is 0 Å². The maximum absolute atomic E-state index is 14.4. The summed E-state index contributed by atoms with van der Waals surface area (Å²) in [5.74, 6) is -3.59. The van der Waals surface area contributed by atoms with Gasteiger partial charge in [-0.3, -0.25) is 24.2 Å². The number of likely N-dealkylation sites (tertiary alicyclic amines) is 1. The fourth-order valence-corrected chi connectivity index (χ4v) is 8.62. The number of ketones is 1. The number of thiazole rings is 1. The summed E-state index contributed by atoms with van der Waals surface area (Å²) in [6, 6.07) is 2.37.